The number of aromatic nitrogens is 2. The summed E-state index contributed by atoms with van der Waals surface area (Å²) in [6.45, 7) is 3.83. The second-order valence-electron chi connectivity index (χ2n) is 3.97. The highest BCUT2D eigenvalue weighted by Gasteiger charge is 2.17. The molecule has 5 nitrogen and oxygen atoms in total. The lowest BCUT2D eigenvalue weighted by Crippen LogP contribution is -1.80. The van der Waals surface area contributed by atoms with Crippen LogP contribution in [0.5, 0.6) is 0 Å². The van der Waals surface area contributed by atoms with Gasteiger partial charge in [0.05, 0.1) is 21.7 Å². The van der Waals surface area contributed by atoms with E-state index in [1.807, 2.05) is 26.0 Å². The van der Waals surface area contributed by atoms with Crippen molar-refractivity contribution in [3.63, 3.8) is 0 Å². The molecule has 0 spiro atoms. The summed E-state index contributed by atoms with van der Waals surface area (Å²) in [7, 11) is 0. The van der Waals surface area contributed by atoms with E-state index in [1.54, 1.807) is 6.26 Å². The Labute approximate surface area is 107 Å². The fourth-order valence-corrected chi connectivity index (χ4v) is 2.62. The summed E-state index contributed by atoms with van der Waals surface area (Å²) in [5.41, 5.74) is 7.63. The van der Waals surface area contributed by atoms with Gasteiger partial charge in [-0.05, 0) is 31.5 Å². The van der Waals surface area contributed by atoms with Crippen molar-refractivity contribution >= 4 is 16.3 Å². The van der Waals surface area contributed by atoms with E-state index in [4.69, 9.17) is 14.7 Å². The van der Waals surface area contributed by atoms with Crippen LogP contribution in [0.1, 0.15) is 11.3 Å². The van der Waals surface area contributed by atoms with Crippen LogP contribution >= 0.6 is 11.3 Å². The van der Waals surface area contributed by atoms with Gasteiger partial charge in [-0.3, -0.25) is 0 Å². The minimum Gasteiger partial charge on any atom is -0.469 e. The largest absolute Gasteiger partial charge is 0.469 e. The van der Waals surface area contributed by atoms with Crippen LogP contribution in [-0.2, 0) is 0 Å². The van der Waals surface area contributed by atoms with Gasteiger partial charge in [0.25, 0.3) is 5.89 Å². The van der Waals surface area contributed by atoms with Crippen LogP contribution in [0.3, 0.4) is 0 Å². The van der Waals surface area contributed by atoms with E-state index in [0.717, 1.165) is 26.8 Å². The molecule has 0 aliphatic carbocycles. The molecule has 3 aromatic rings. The molecule has 3 aromatic heterocycles. The van der Waals surface area contributed by atoms with E-state index in [2.05, 4.69) is 10.1 Å². The highest BCUT2D eigenvalue weighted by Crippen LogP contribution is 2.34. The van der Waals surface area contributed by atoms with Crippen molar-refractivity contribution in [2.75, 3.05) is 5.73 Å². The predicted molar refractivity (Wildman–Crippen MR) is 69.2 cm³/mol. The second kappa shape index (κ2) is 3.99. The van der Waals surface area contributed by atoms with Gasteiger partial charge in [-0.25, -0.2) is 0 Å². The molecule has 6 heteroatoms. The molecule has 0 fully saturated rings. The minimum atomic E-state index is 0.491. The van der Waals surface area contributed by atoms with Gasteiger partial charge in [0.2, 0.25) is 5.82 Å². The van der Waals surface area contributed by atoms with Crippen molar-refractivity contribution in [2.24, 2.45) is 0 Å². The lowest BCUT2D eigenvalue weighted by Gasteiger charge is -1.89. The van der Waals surface area contributed by atoms with Gasteiger partial charge in [0, 0.05) is 0 Å². The summed E-state index contributed by atoms with van der Waals surface area (Å²) in [5, 5.41) is 4.70. The maximum atomic E-state index is 5.76. The summed E-state index contributed by atoms with van der Waals surface area (Å²) in [4.78, 5) is 5.28. The number of hydrogen-bond acceptors (Lipinski definition) is 6. The molecule has 0 saturated carbocycles. The van der Waals surface area contributed by atoms with E-state index in [0.29, 0.717) is 11.7 Å². The van der Waals surface area contributed by atoms with Crippen molar-refractivity contribution in [1.82, 2.24) is 10.1 Å². The van der Waals surface area contributed by atoms with Gasteiger partial charge in [-0.15, -0.1) is 11.3 Å². The summed E-state index contributed by atoms with van der Waals surface area (Å²) in [6, 6.07) is 3.71. The molecule has 3 rings (SSSR count). The molecule has 0 aliphatic heterocycles. The molecule has 92 valence electrons. The average molecular weight is 261 g/mol. The third-order valence-corrected chi connectivity index (χ3v) is 3.71. The van der Waals surface area contributed by atoms with Gasteiger partial charge >= 0.3 is 0 Å². The lowest BCUT2D eigenvalue weighted by atomic mass is 10.2. The Bertz CT molecular complexity index is 696. The Morgan fingerprint density at radius 2 is 2.17 bits per heavy atom. The zero-order valence-electron chi connectivity index (χ0n) is 9.93. The number of nitrogen functional groups attached to an aromatic ring is 1. The first-order valence-corrected chi connectivity index (χ1v) is 6.21. The van der Waals surface area contributed by atoms with Crippen LogP contribution in [-0.4, -0.2) is 10.1 Å². The number of aryl methyl sites for hydroxylation is 2. The molecular weight excluding hydrogens is 250 g/mol. The highest BCUT2D eigenvalue weighted by molar-refractivity contribution is 7.19. The third-order valence-electron chi connectivity index (χ3n) is 2.66. The molecule has 3 heterocycles. The van der Waals surface area contributed by atoms with Crippen molar-refractivity contribution < 1.29 is 8.94 Å². The number of nitrogens with two attached hydrogens (primary N) is 1. The van der Waals surface area contributed by atoms with Crippen LogP contribution in [0, 0.1) is 13.8 Å². The van der Waals surface area contributed by atoms with Crippen molar-refractivity contribution in [3.8, 4) is 22.2 Å². The van der Waals surface area contributed by atoms with Crippen LogP contribution in [0.4, 0.5) is 5.00 Å². The van der Waals surface area contributed by atoms with E-state index in [9.17, 15) is 0 Å². The molecule has 18 heavy (non-hydrogen) atoms. The first kappa shape index (κ1) is 11.0. The van der Waals surface area contributed by atoms with E-state index >= 15 is 0 Å². The van der Waals surface area contributed by atoms with Crippen molar-refractivity contribution in [2.45, 2.75) is 13.8 Å². The first-order chi connectivity index (χ1) is 8.65. The van der Waals surface area contributed by atoms with Crippen LogP contribution < -0.4 is 5.73 Å². The third kappa shape index (κ3) is 1.70. The maximum Gasteiger partial charge on any atom is 0.268 e. The van der Waals surface area contributed by atoms with Crippen LogP contribution in [0.25, 0.3) is 22.2 Å². The molecule has 0 unspecified atom stereocenters. The molecule has 0 aromatic carbocycles. The Kier molecular flexibility index (Phi) is 2.45. The summed E-state index contributed by atoms with van der Waals surface area (Å²) in [6.07, 6.45) is 1.61. The second-order valence-corrected chi connectivity index (χ2v) is 5.06. The van der Waals surface area contributed by atoms with E-state index in [1.165, 1.54) is 11.3 Å². The summed E-state index contributed by atoms with van der Waals surface area (Å²) < 4.78 is 10.5. The number of hydrogen-bond donors (Lipinski definition) is 1. The smallest absolute Gasteiger partial charge is 0.268 e. The number of rotatable bonds is 2. The maximum absolute atomic E-state index is 5.76. The fourth-order valence-electron chi connectivity index (χ4n) is 1.76. The number of nitrogens with zero attached hydrogens (tertiary/aromatic N) is 2. The average Bonchev–Trinajstić information content (AvgIpc) is 2.98. The van der Waals surface area contributed by atoms with E-state index in [-0.39, 0.29) is 0 Å². The topological polar surface area (TPSA) is 78.1 Å². The van der Waals surface area contributed by atoms with Crippen LogP contribution in [0.2, 0.25) is 0 Å². The minimum absolute atomic E-state index is 0.491. The fraction of sp³-hybridized carbons (Fsp3) is 0.167. The Balaban J connectivity index is 2.05. The standard InChI is InChI=1S/C12H11N3O2S/c1-6-5-9(13)18-10(6)12-14-11(15-17-12)8-3-4-16-7(8)2/h3-5H,13H2,1-2H3. The monoisotopic (exact) mass is 261 g/mol. The quantitative estimate of drug-likeness (QED) is 0.766. The van der Waals surface area contributed by atoms with Gasteiger partial charge in [-0.1, -0.05) is 5.16 Å². The molecule has 0 aliphatic rings. The molecule has 0 atom stereocenters. The molecule has 0 radical (unpaired) electrons. The van der Waals surface area contributed by atoms with Gasteiger partial charge in [0.1, 0.15) is 5.76 Å². The summed E-state index contributed by atoms with van der Waals surface area (Å²) >= 11 is 1.44. The van der Waals surface area contributed by atoms with Crippen molar-refractivity contribution in [3.05, 3.63) is 29.7 Å². The molecule has 0 bridgehead atoms. The predicted octanol–water partition coefficient (Wildman–Crippen LogP) is 3.26. The summed E-state index contributed by atoms with van der Waals surface area (Å²) in [5.74, 6) is 1.79. The van der Waals surface area contributed by atoms with E-state index < -0.39 is 0 Å². The molecular formula is C12H11N3O2S. The number of thiophene rings is 1. The van der Waals surface area contributed by atoms with Gasteiger partial charge in [-0.2, -0.15) is 4.98 Å². The Hall–Kier alpha value is -2.08. The number of furan rings is 1. The zero-order valence-corrected chi connectivity index (χ0v) is 10.7. The lowest BCUT2D eigenvalue weighted by molar-refractivity contribution is 0.432. The molecule has 0 saturated heterocycles. The normalized spacial score (nSPS) is 11.0. The Morgan fingerprint density at radius 1 is 1.33 bits per heavy atom. The van der Waals surface area contributed by atoms with Gasteiger partial charge < -0.3 is 14.7 Å². The SMILES string of the molecule is Cc1cc(N)sc1-c1nc(-c2ccoc2C)no1. The molecule has 0 amide bonds. The highest BCUT2D eigenvalue weighted by atomic mass is 32.1. The number of anilines is 1. The van der Waals surface area contributed by atoms with Crippen LogP contribution in [0.15, 0.2) is 27.3 Å². The first-order valence-electron chi connectivity index (χ1n) is 5.39. The Morgan fingerprint density at radius 3 is 2.78 bits per heavy atom. The van der Waals surface area contributed by atoms with Gasteiger partial charge in [0.15, 0.2) is 0 Å². The zero-order chi connectivity index (χ0) is 12.7. The van der Waals surface area contributed by atoms with Crippen molar-refractivity contribution in [1.29, 1.82) is 0 Å². The molecule has 2 N–H and O–H groups in total.